The van der Waals surface area contributed by atoms with Crippen LogP contribution in [0.3, 0.4) is 0 Å². The van der Waals surface area contributed by atoms with Crippen LogP contribution < -0.4 is 5.73 Å². The average molecular weight is 218 g/mol. The number of nitrogens with zero attached hydrogens (tertiary/aromatic N) is 1. The lowest BCUT2D eigenvalue weighted by atomic mass is 9.97. The molecular formula is C14H22N2. The van der Waals surface area contributed by atoms with Gasteiger partial charge in [-0.15, -0.1) is 0 Å². The van der Waals surface area contributed by atoms with Gasteiger partial charge in [-0.2, -0.15) is 0 Å². The van der Waals surface area contributed by atoms with E-state index in [1.165, 1.54) is 37.7 Å². The second-order valence-corrected chi connectivity index (χ2v) is 4.65. The molecule has 0 atom stereocenters. The molecule has 2 N–H and O–H groups in total. The van der Waals surface area contributed by atoms with Gasteiger partial charge in [0.1, 0.15) is 0 Å². The van der Waals surface area contributed by atoms with Gasteiger partial charge in [-0.05, 0) is 56.7 Å². The van der Waals surface area contributed by atoms with E-state index in [1.54, 1.807) is 5.57 Å². The molecular weight excluding hydrogens is 196 g/mol. The monoisotopic (exact) mass is 218 g/mol. The van der Waals surface area contributed by atoms with Gasteiger partial charge in [-0.1, -0.05) is 11.6 Å². The maximum absolute atomic E-state index is 5.54. The molecule has 0 amide bonds. The number of aryl methyl sites for hydroxylation is 1. The zero-order valence-corrected chi connectivity index (χ0v) is 9.99. The van der Waals surface area contributed by atoms with Crippen LogP contribution in [0.2, 0.25) is 0 Å². The number of aromatic nitrogens is 1. The molecule has 2 nitrogen and oxygen atoms in total. The van der Waals surface area contributed by atoms with Crippen molar-refractivity contribution in [2.75, 3.05) is 6.54 Å². The fraction of sp³-hybridized carbons (Fsp3) is 0.571. The fourth-order valence-electron chi connectivity index (χ4n) is 2.35. The van der Waals surface area contributed by atoms with Gasteiger partial charge in [0.15, 0.2) is 0 Å². The highest BCUT2D eigenvalue weighted by Crippen LogP contribution is 2.20. The predicted octanol–water partition coefficient (Wildman–Crippen LogP) is 2.88. The van der Waals surface area contributed by atoms with E-state index in [0.29, 0.717) is 0 Å². The third-order valence-electron chi connectivity index (χ3n) is 3.32. The van der Waals surface area contributed by atoms with Gasteiger partial charge in [0.25, 0.3) is 0 Å². The molecule has 1 aromatic heterocycles. The molecule has 1 aromatic rings. The van der Waals surface area contributed by atoms with Crippen LogP contribution in [0.5, 0.6) is 0 Å². The summed E-state index contributed by atoms with van der Waals surface area (Å²) in [5.41, 5.74) is 8.56. The molecule has 0 radical (unpaired) electrons. The van der Waals surface area contributed by atoms with Gasteiger partial charge in [0, 0.05) is 18.9 Å². The van der Waals surface area contributed by atoms with Crippen molar-refractivity contribution in [1.82, 2.24) is 4.57 Å². The molecule has 0 bridgehead atoms. The Morgan fingerprint density at radius 1 is 1.25 bits per heavy atom. The van der Waals surface area contributed by atoms with Crippen LogP contribution in [-0.2, 0) is 13.0 Å². The summed E-state index contributed by atoms with van der Waals surface area (Å²) in [6, 6.07) is 2.18. The Labute approximate surface area is 98.1 Å². The summed E-state index contributed by atoms with van der Waals surface area (Å²) in [5, 5.41) is 0. The summed E-state index contributed by atoms with van der Waals surface area (Å²) in [5.74, 6) is 0. The van der Waals surface area contributed by atoms with E-state index in [0.717, 1.165) is 19.5 Å². The lowest BCUT2D eigenvalue weighted by Gasteiger charge is -2.12. The third kappa shape index (κ3) is 3.24. The van der Waals surface area contributed by atoms with Gasteiger partial charge in [-0.3, -0.25) is 0 Å². The van der Waals surface area contributed by atoms with Crippen molar-refractivity contribution in [2.24, 2.45) is 5.73 Å². The molecule has 0 aliphatic heterocycles. The first-order valence-electron chi connectivity index (χ1n) is 6.41. The number of nitrogens with two attached hydrogens (primary N) is 1. The van der Waals surface area contributed by atoms with Crippen LogP contribution in [0.4, 0.5) is 0 Å². The minimum Gasteiger partial charge on any atom is -0.354 e. The highest BCUT2D eigenvalue weighted by atomic mass is 14.9. The van der Waals surface area contributed by atoms with Crippen LogP contribution >= 0.6 is 0 Å². The van der Waals surface area contributed by atoms with Gasteiger partial charge < -0.3 is 10.3 Å². The highest BCUT2D eigenvalue weighted by Gasteiger charge is 2.03. The molecule has 1 heterocycles. The maximum Gasteiger partial charge on any atom is 0.0256 e. The molecule has 0 spiro atoms. The van der Waals surface area contributed by atoms with Gasteiger partial charge in [-0.25, -0.2) is 0 Å². The molecule has 2 heteroatoms. The molecule has 0 aromatic carbocycles. The summed E-state index contributed by atoms with van der Waals surface area (Å²) in [7, 11) is 0. The largest absolute Gasteiger partial charge is 0.354 e. The maximum atomic E-state index is 5.54. The fourth-order valence-corrected chi connectivity index (χ4v) is 2.35. The number of rotatable bonds is 5. The molecule has 1 aliphatic rings. The van der Waals surface area contributed by atoms with Crippen LogP contribution in [0.25, 0.3) is 0 Å². The molecule has 0 unspecified atom stereocenters. The second kappa shape index (κ2) is 5.90. The van der Waals surface area contributed by atoms with Gasteiger partial charge in [0.2, 0.25) is 0 Å². The summed E-state index contributed by atoms with van der Waals surface area (Å²) in [6.07, 6.45) is 14.4. The third-order valence-corrected chi connectivity index (χ3v) is 3.32. The van der Waals surface area contributed by atoms with Crippen LogP contribution in [0.15, 0.2) is 30.1 Å². The van der Waals surface area contributed by atoms with Crippen molar-refractivity contribution in [3.63, 3.8) is 0 Å². The summed E-state index contributed by atoms with van der Waals surface area (Å²) in [6.45, 7) is 1.87. The molecule has 0 fully saturated rings. The summed E-state index contributed by atoms with van der Waals surface area (Å²) in [4.78, 5) is 0. The van der Waals surface area contributed by atoms with Crippen molar-refractivity contribution >= 4 is 0 Å². The normalized spacial score (nSPS) is 16.2. The lowest BCUT2D eigenvalue weighted by Crippen LogP contribution is -2.02. The second-order valence-electron chi connectivity index (χ2n) is 4.65. The molecule has 2 rings (SSSR count). The van der Waals surface area contributed by atoms with Crippen LogP contribution in [0.1, 0.15) is 37.7 Å². The first-order chi connectivity index (χ1) is 7.88. The SMILES string of the molecule is NCCc1ccn(CCC2=CCCCC2)c1. The van der Waals surface area contributed by atoms with E-state index in [1.807, 2.05) is 0 Å². The molecule has 1 aliphatic carbocycles. The summed E-state index contributed by atoms with van der Waals surface area (Å²) >= 11 is 0. The van der Waals surface area contributed by atoms with E-state index in [2.05, 4.69) is 29.1 Å². The van der Waals surface area contributed by atoms with Gasteiger partial charge in [0.05, 0.1) is 0 Å². The van der Waals surface area contributed by atoms with Crippen molar-refractivity contribution in [1.29, 1.82) is 0 Å². The Hall–Kier alpha value is -1.02. The first kappa shape index (κ1) is 11.5. The molecule has 16 heavy (non-hydrogen) atoms. The van der Waals surface area contributed by atoms with Crippen molar-refractivity contribution in [3.8, 4) is 0 Å². The average Bonchev–Trinajstić information content (AvgIpc) is 2.76. The topological polar surface area (TPSA) is 30.9 Å². The minimum atomic E-state index is 0.745. The minimum absolute atomic E-state index is 0.745. The van der Waals surface area contributed by atoms with Crippen molar-refractivity contribution in [3.05, 3.63) is 35.7 Å². The zero-order chi connectivity index (χ0) is 11.2. The van der Waals surface area contributed by atoms with E-state index in [-0.39, 0.29) is 0 Å². The Morgan fingerprint density at radius 2 is 2.19 bits per heavy atom. The van der Waals surface area contributed by atoms with E-state index in [9.17, 15) is 0 Å². The first-order valence-corrected chi connectivity index (χ1v) is 6.41. The Bertz CT molecular complexity index is 349. The van der Waals surface area contributed by atoms with E-state index >= 15 is 0 Å². The van der Waals surface area contributed by atoms with Crippen LogP contribution in [-0.4, -0.2) is 11.1 Å². The van der Waals surface area contributed by atoms with Crippen molar-refractivity contribution in [2.45, 2.75) is 45.1 Å². The molecule has 0 saturated heterocycles. The Morgan fingerprint density at radius 3 is 2.94 bits per heavy atom. The molecule has 0 saturated carbocycles. The quantitative estimate of drug-likeness (QED) is 0.757. The number of hydrogen-bond acceptors (Lipinski definition) is 1. The predicted molar refractivity (Wildman–Crippen MR) is 68.4 cm³/mol. The van der Waals surface area contributed by atoms with Crippen LogP contribution in [0, 0.1) is 0 Å². The highest BCUT2D eigenvalue weighted by molar-refractivity contribution is 5.11. The standard InChI is InChI=1S/C14H22N2/c15-9-6-14-8-11-16(12-14)10-7-13-4-2-1-3-5-13/h4,8,11-12H,1-3,5-7,9-10,15H2. The lowest BCUT2D eigenvalue weighted by molar-refractivity contribution is 0.626. The zero-order valence-electron chi connectivity index (χ0n) is 9.99. The van der Waals surface area contributed by atoms with E-state index in [4.69, 9.17) is 5.73 Å². The summed E-state index contributed by atoms with van der Waals surface area (Å²) < 4.78 is 2.29. The Balaban J connectivity index is 1.82. The van der Waals surface area contributed by atoms with E-state index < -0.39 is 0 Å². The number of hydrogen-bond donors (Lipinski definition) is 1. The number of allylic oxidation sites excluding steroid dienone is 2. The van der Waals surface area contributed by atoms with Crippen molar-refractivity contribution < 1.29 is 0 Å². The van der Waals surface area contributed by atoms with Gasteiger partial charge >= 0.3 is 0 Å². The molecule has 88 valence electrons. The smallest absolute Gasteiger partial charge is 0.0256 e. The Kier molecular flexibility index (Phi) is 4.23.